The van der Waals surface area contributed by atoms with Crippen LogP contribution in [-0.4, -0.2) is 46.2 Å². The summed E-state index contributed by atoms with van der Waals surface area (Å²) in [5.74, 6) is 3.18. The molecule has 1 aliphatic rings. The Morgan fingerprint density at radius 1 is 1.07 bits per heavy atom. The molecule has 0 bridgehead atoms. The maximum absolute atomic E-state index is 10.2. The predicted octanol–water partition coefficient (Wildman–Crippen LogP) is 2.44. The topological polar surface area (TPSA) is 95.4 Å². The fourth-order valence-corrected chi connectivity index (χ4v) is 3.90. The molecule has 0 aliphatic heterocycles. The molecule has 0 unspecified atom stereocenters. The number of benzene rings is 2. The van der Waals surface area contributed by atoms with Gasteiger partial charge in [0.25, 0.3) is 0 Å². The van der Waals surface area contributed by atoms with Gasteiger partial charge in [-0.25, -0.2) is 9.67 Å². The highest BCUT2D eigenvalue weighted by molar-refractivity contribution is 5.39. The van der Waals surface area contributed by atoms with Crippen LogP contribution < -0.4 is 15.2 Å². The quantitative estimate of drug-likeness (QED) is 0.667. The third kappa shape index (κ3) is 3.97. The van der Waals surface area contributed by atoms with Gasteiger partial charge in [-0.05, 0) is 43.2 Å². The summed E-state index contributed by atoms with van der Waals surface area (Å²) in [6.45, 7) is 0. The zero-order valence-electron chi connectivity index (χ0n) is 16.7. The minimum Gasteiger partial charge on any atom is -0.497 e. The number of aliphatic hydroxyl groups is 1. The fourth-order valence-electron chi connectivity index (χ4n) is 3.90. The van der Waals surface area contributed by atoms with Crippen LogP contribution in [-0.2, 0) is 6.42 Å². The van der Waals surface area contributed by atoms with Crippen LogP contribution in [0.3, 0.4) is 0 Å². The lowest BCUT2D eigenvalue weighted by atomic mass is 10.1. The van der Waals surface area contributed by atoms with Crippen molar-refractivity contribution >= 4 is 0 Å². The summed E-state index contributed by atoms with van der Waals surface area (Å²) in [5.41, 5.74) is 7.98. The largest absolute Gasteiger partial charge is 0.497 e. The van der Waals surface area contributed by atoms with Gasteiger partial charge in [0.1, 0.15) is 17.3 Å². The normalized spacial score (nSPS) is 21.3. The van der Waals surface area contributed by atoms with Gasteiger partial charge in [0.15, 0.2) is 5.82 Å². The highest BCUT2D eigenvalue weighted by Gasteiger charge is 2.35. The van der Waals surface area contributed by atoms with E-state index in [9.17, 15) is 5.11 Å². The summed E-state index contributed by atoms with van der Waals surface area (Å²) >= 11 is 0. The number of hydrogen-bond donors (Lipinski definition) is 2. The number of aromatic nitrogens is 3. The van der Waals surface area contributed by atoms with Crippen molar-refractivity contribution < 1.29 is 14.6 Å². The molecular weight excluding hydrogens is 368 g/mol. The van der Waals surface area contributed by atoms with Crippen molar-refractivity contribution in [3.05, 3.63) is 65.7 Å². The second-order valence-electron chi connectivity index (χ2n) is 7.38. The second kappa shape index (κ2) is 8.23. The lowest BCUT2D eigenvalue weighted by molar-refractivity contribution is 0.163. The molecular formula is C22H26N4O3. The van der Waals surface area contributed by atoms with Crippen LogP contribution in [0.4, 0.5) is 0 Å². The number of ether oxygens (including phenoxy) is 2. The first-order valence-corrected chi connectivity index (χ1v) is 9.75. The molecule has 1 saturated carbocycles. The van der Waals surface area contributed by atoms with Crippen molar-refractivity contribution in [3.8, 4) is 17.2 Å². The van der Waals surface area contributed by atoms with E-state index >= 15 is 0 Å². The van der Waals surface area contributed by atoms with E-state index in [0.717, 1.165) is 28.6 Å². The van der Waals surface area contributed by atoms with Crippen molar-refractivity contribution in [2.75, 3.05) is 14.2 Å². The van der Waals surface area contributed by atoms with E-state index in [2.05, 4.69) is 0 Å². The molecule has 1 aromatic heterocycles. The Hall–Kier alpha value is -2.90. The van der Waals surface area contributed by atoms with Gasteiger partial charge in [-0.1, -0.05) is 18.2 Å². The van der Waals surface area contributed by atoms with E-state index in [-0.39, 0.29) is 12.0 Å². The minimum atomic E-state index is -0.515. The Labute approximate surface area is 170 Å². The van der Waals surface area contributed by atoms with E-state index < -0.39 is 6.10 Å². The van der Waals surface area contributed by atoms with Crippen molar-refractivity contribution in [1.82, 2.24) is 14.8 Å². The molecule has 152 valence electrons. The molecule has 3 aromatic rings. The van der Waals surface area contributed by atoms with Crippen LogP contribution in [0.1, 0.15) is 36.0 Å². The number of hydrogen-bond acceptors (Lipinski definition) is 6. The van der Waals surface area contributed by atoms with Crippen LogP contribution in [0, 0.1) is 0 Å². The van der Waals surface area contributed by atoms with Crippen molar-refractivity contribution in [1.29, 1.82) is 0 Å². The molecule has 7 nitrogen and oxygen atoms in total. The zero-order chi connectivity index (χ0) is 20.4. The van der Waals surface area contributed by atoms with Gasteiger partial charge in [0.2, 0.25) is 0 Å². The molecule has 0 spiro atoms. The lowest BCUT2D eigenvalue weighted by Crippen LogP contribution is -2.28. The summed E-state index contributed by atoms with van der Waals surface area (Å²) < 4.78 is 12.6. The number of nitrogens with two attached hydrogens (primary N) is 1. The fraction of sp³-hybridized carbons (Fsp3) is 0.364. The standard InChI is InChI=1S/C22H26N4O3/c1-28-17-9-7-16(8-10-17)26-22(15-11-18(23)19(27)12-15)24-21(25-26)13-14-5-3-4-6-20(14)29-2/h3-10,15,18-19,27H,11-13,23H2,1-2H3/t15-,18+,19+/m0/s1. The van der Waals surface area contributed by atoms with Crippen LogP contribution in [0.5, 0.6) is 11.5 Å². The van der Waals surface area contributed by atoms with Gasteiger partial charge in [-0.3, -0.25) is 0 Å². The number of methoxy groups -OCH3 is 2. The van der Waals surface area contributed by atoms with Gasteiger partial charge < -0.3 is 20.3 Å². The van der Waals surface area contributed by atoms with Crippen LogP contribution in [0.2, 0.25) is 0 Å². The van der Waals surface area contributed by atoms with E-state index in [1.54, 1.807) is 14.2 Å². The molecule has 4 rings (SSSR count). The predicted molar refractivity (Wildman–Crippen MR) is 110 cm³/mol. The monoisotopic (exact) mass is 394 g/mol. The van der Waals surface area contributed by atoms with Crippen molar-refractivity contribution in [2.24, 2.45) is 5.73 Å². The highest BCUT2D eigenvalue weighted by atomic mass is 16.5. The molecule has 3 atom stereocenters. The van der Waals surface area contributed by atoms with Crippen LogP contribution in [0.15, 0.2) is 48.5 Å². The molecule has 0 saturated heterocycles. The summed E-state index contributed by atoms with van der Waals surface area (Å²) in [7, 11) is 3.30. The Morgan fingerprint density at radius 2 is 1.83 bits per heavy atom. The van der Waals surface area contributed by atoms with E-state index in [1.165, 1.54) is 0 Å². The highest BCUT2D eigenvalue weighted by Crippen LogP contribution is 2.34. The van der Waals surface area contributed by atoms with Gasteiger partial charge in [-0.2, -0.15) is 5.10 Å². The first-order chi connectivity index (χ1) is 14.1. The Kier molecular flexibility index (Phi) is 5.51. The Balaban J connectivity index is 1.72. The van der Waals surface area contributed by atoms with Crippen LogP contribution >= 0.6 is 0 Å². The molecule has 3 N–H and O–H groups in total. The van der Waals surface area contributed by atoms with E-state index in [1.807, 2.05) is 53.2 Å². The number of aliphatic hydroxyl groups excluding tert-OH is 1. The molecule has 1 heterocycles. The minimum absolute atomic E-state index is 0.0565. The molecule has 7 heteroatoms. The molecule has 29 heavy (non-hydrogen) atoms. The number of para-hydroxylation sites is 1. The average molecular weight is 394 g/mol. The van der Waals surface area contributed by atoms with Gasteiger partial charge in [0, 0.05) is 23.9 Å². The second-order valence-corrected chi connectivity index (χ2v) is 7.38. The summed E-state index contributed by atoms with van der Waals surface area (Å²) in [6, 6.07) is 15.3. The molecule has 0 radical (unpaired) electrons. The molecule has 1 aliphatic carbocycles. The van der Waals surface area contributed by atoms with E-state index in [4.69, 9.17) is 25.3 Å². The zero-order valence-corrected chi connectivity index (χ0v) is 16.7. The Bertz CT molecular complexity index is 960. The van der Waals surface area contributed by atoms with Crippen molar-refractivity contribution in [2.45, 2.75) is 37.3 Å². The first kappa shape index (κ1) is 19.4. The van der Waals surface area contributed by atoms with Gasteiger partial charge in [0.05, 0.1) is 26.0 Å². The number of nitrogens with zero attached hydrogens (tertiary/aromatic N) is 3. The average Bonchev–Trinajstić information content (AvgIpc) is 3.31. The lowest BCUT2D eigenvalue weighted by Gasteiger charge is -2.11. The van der Waals surface area contributed by atoms with E-state index in [0.29, 0.717) is 25.1 Å². The maximum Gasteiger partial charge on any atom is 0.155 e. The van der Waals surface area contributed by atoms with Crippen LogP contribution in [0.25, 0.3) is 5.69 Å². The maximum atomic E-state index is 10.2. The molecule has 0 amide bonds. The smallest absolute Gasteiger partial charge is 0.155 e. The third-order valence-corrected chi connectivity index (χ3v) is 5.48. The van der Waals surface area contributed by atoms with Gasteiger partial charge >= 0.3 is 0 Å². The van der Waals surface area contributed by atoms with Gasteiger partial charge in [-0.15, -0.1) is 0 Å². The summed E-state index contributed by atoms with van der Waals surface area (Å²) in [6.07, 6.45) is 1.31. The SMILES string of the molecule is COc1ccc(-n2nc(Cc3ccccc3OC)nc2[C@H]2C[C@@H](N)[C@H](O)C2)cc1. The van der Waals surface area contributed by atoms with Crippen molar-refractivity contribution in [3.63, 3.8) is 0 Å². The molecule has 2 aromatic carbocycles. The summed E-state index contributed by atoms with van der Waals surface area (Å²) in [5, 5.41) is 14.9. The Morgan fingerprint density at radius 3 is 2.48 bits per heavy atom. The number of rotatable bonds is 6. The molecule has 1 fully saturated rings. The summed E-state index contributed by atoms with van der Waals surface area (Å²) in [4.78, 5) is 4.85. The first-order valence-electron chi connectivity index (χ1n) is 9.75. The third-order valence-electron chi connectivity index (χ3n) is 5.48.